The predicted molar refractivity (Wildman–Crippen MR) is 66.8 cm³/mol. The molecule has 0 aliphatic carbocycles. The van der Waals surface area contributed by atoms with Gasteiger partial charge in [-0.2, -0.15) is 0 Å². The average Bonchev–Trinajstić information content (AvgIpc) is 2.36. The van der Waals surface area contributed by atoms with Crippen LogP contribution in [0.4, 0.5) is 13.2 Å². The number of hydrogen-bond donors (Lipinski definition) is 1. The monoisotopic (exact) mass is 301 g/mol. The first-order valence-electron chi connectivity index (χ1n) is 5.57. The molecule has 20 heavy (non-hydrogen) atoms. The zero-order valence-electron chi connectivity index (χ0n) is 10.1. The second kappa shape index (κ2) is 5.64. The maximum atomic E-state index is 13.0. The quantitative estimate of drug-likeness (QED) is 0.943. The van der Waals surface area contributed by atoms with E-state index in [-0.39, 0.29) is 17.0 Å². The van der Waals surface area contributed by atoms with Gasteiger partial charge < -0.3 is 0 Å². The summed E-state index contributed by atoms with van der Waals surface area (Å²) in [4.78, 5) is -0.129. The Morgan fingerprint density at radius 3 is 1.95 bits per heavy atom. The van der Waals surface area contributed by atoms with Gasteiger partial charge in [-0.1, -0.05) is 0 Å². The Kier molecular flexibility index (Phi) is 4.10. The Morgan fingerprint density at radius 2 is 1.40 bits per heavy atom. The van der Waals surface area contributed by atoms with Gasteiger partial charge in [-0.25, -0.2) is 26.3 Å². The SMILES string of the molecule is O=S(=O)(NCc1cc(F)cc(F)c1)c1ccc(F)cc1. The van der Waals surface area contributed by atoms with Crippen molar-refractivity contribution in [2.75, 3.05) is 0 Å². The van der Waals surface area contributed by atoms with Crippen LogP contribution in [-0.2, 0) is 16.6 Å². The summed E-state index contributed by atoms with van der Waals surface area (Å²) in [6, 6.07) is 6.96. The van der Waals surface area contributed by atoms with Gasteiger partial charge in [0.2, 0.25) is 10.0 Å². The van der Waals surface area contributed by atoms with Gasteiger partial charge in [-0.15, -0.1) is 0 Å². The third-order valence-electron chi connectivity index (χ3n) is 2.51. The molecule has 0 saturated heterocycles. The first-order chi connectivity index (χ1) is 9.37. The predicted octanol–water partition coefficient (Wildman–Crippen LogP) is 2.58. The molecule has 0 heterocycles. The van der Waals surface area contributed by atoms with Gasteiger partial charge in [-0.05, 0) is 42.0 Å². The van der Waals surface area contributed by atoms with Gasteiger partial charge in [0.15, 0.2) is 0 Å². The van der Waals surface area contributed by atoms with Crippen LogP contribution < -0.4 is 4.72 Å². The number of benzene rings is 2. The van der Waals surface area contributed by atoms with Crippen LogP contribution in [0.2, 0.25) is 0 Å². The number of halogens is 3. The smallest absolute Gasteiger partial charge is 0.207 e. The van der Waals surface area contributed by atoms with E-state index in [0.29, 0.717) is 6.07 Å². The van der Waals surface area contributed by atoms with Gasteiger partial charge in [0, 0.05) is 12.6 Å². The first-order valence-corrected chi connectivity index (χ1v) is 7.05. The van der Waals surface area contributed by atoms with E-state index in [2.05, 4.69) is 4.72 Å². The number of nitrogens with one attached hydrogen (secondary N) is 1. The lowest BCUT2D eigenvalue weighted by atomic mass is 10.2. The summed E-state index contributed by atoms with van der Waals surface area (Å²) >= 11 is 0. The molecule has 0 aromatic heterocycles. The highest BCUT2D eigenvalue weighted by Crippen LogP contribution is 2.12. The summed E-state index contributed by atoms with van der Waals surface area (Å²) in [5.41, 5.74) is 0.146. The lowest BCUT2D eigenvalue weighted by molar-refractivity contribution is 0.570. The van der Waals surface area contributed by atoms with Crippen LogP contribution in [0.25, 0.3) is 0 Å². The minimum atomic E-state index is -3.86. The molecule has 0 spiro atoms. The summed E-state index contributed by atoms with van der Waals surface area (Å²) in [6.07, 6.45) is 0. The summed E-state index contributed by atoms with van der Waals surface area (Å²) in [5.74, 6) is -2.14. The Bertz CT molecular complexity index is 695. The molecule has 2 aromatic carbocycles. The molecule has 7 heteroatoms. The third kappa shape index (κ3) is 3.58. The molecule has 2 rings (SSSR count). The molecule has 1 N–H and O–H groups in total. The molecule has 0 aliphatic heterocycles. The van der Waals surface area contributed by atoms with E-state index in [9.17, 15) is 21.6 Å². The van der Waals surface area contributed by atoms with Crippen molar-refractivity contribution in [2.24, 2.45) is 0 Å². The van der Waals surface area contributed by atoms with E-state index in [1.54, 1.807) is 0 Å². The highest BCUT2D eigenvalue weighted by Gasteiger charge is 2.14. The topological polar surface area (TPSA) is 46.2 Å². The summed E-state index contributed by atoms with van der Waals surface area (Å²) < 4.78 is 64.5. The normalized spacial score (nSPS) is 11.6. The molecule has 0 atom stereocenters. The maximum absolute atomic E-state index is 13.0. The van der Waals surface area contributed by atoms with Crippen LogP contribution in [0, 0.1) is 17.5 Å². The number of rotatable bonds is 4. The van der Waals surface area contributed by atoms with Crippen LogP contribution in [0.5, 0.6) is 0 Å². The fourth-order valence-electron chi connectivity index (χ4n) is 1.59. The summed E-state index contributed by atoms with van der Waals surface area (Å²) in [6.45, 7) is -0.269. The van der Waals surface area contributed by atoms with Crippen molar-refractivity contribution < 1.29 is 21.6 Å². The van der Waals surface area contributed by atoms with Crippen molar-refractivity contribution in [1.29, 1.82) is 0 Å². The molecule has 0 radical (unpaired) electrons. The van der Waals surface area contributed by atoms with Crippen molar-refractivity contribution in [1.82, 2.24) is 4.72 Å². The zero-order valence-corrected chi connectivity index (χ0v) is 10.9. The molecule has 2 aromatic rings. The van der Waals surface area contributed by atoms with Crippen molar-refractivity contribution in [2.45, 2.75) is 11.4 Å². The van der Waals surface area contributed by atoms with Crippen LogP contribution in [0.15, 0.2) is 47.4 Å². The van der Waals surface area contributed by atoms with Crippen molar-refractivity contribution in [3.63, 3.8) is 0 Å². The molecule has 3 nitrogen and oxygen atoms in total. The fraction of sp³-hybridized carbons (Fsp3) is 0.0769. The van der Waals surface area contributed by atoms with E-state index in [0.717, 1.165) is 36.4 Å². The molecule has 0 aliphatic rings. The largest absolute Gasteiger partial charge is 0.240 e. The van der Waals surface area contributed by atoms with E-state index in [1.165, 1.54) is 0 Å². The van der Waals surface area contributed by atoms with Gasteiger partial charge in [0.1, 0.15) is 17.5 Å². The van der Waals surface area contributed by atoms with E-state index in [4.69, 9.17) is 0 Å². The first kappa shape index (κ1) is 14.5. The molecular weight excluding hydrogens is 291 g/mol. The number of hydrogen-bond acceptors (Lipinski definition) is 2. The van der Waals surface area contributed by atoms with Crippen LogP contribution in [0.1, 0.15) is 5.56 Å². The van der Waals surface area contributed by atoms with Crippen molar-refractivity contribution in [3.8, 4) is 0 Å². The standard InChI is InChI=1S/C13H10F3NO2S/c14-10-1-3-13(4-2-10)20(18,19)17-8-9-5-11(15)7-12(16)6-9/h1-7,17H,8H2. The van der Waals surface area contributed by atoms with Crippen molar-refractivity contribution in [3.05, 3.63) is 65.5 Å². The minimum Gasteiger partial charge on any atom is -0.207 e. The Morgan fingerprint density at radius 1 is 0.850 bits per heavy atom. The van der Waals surface area contributed by atoms with E-state index >= 15 is 0 Å². The summed E-state index contributed by atoms with van der Waals surface area (Å²) in [7, 11) is -3.86. The average molecular weight is 301 g/mol. The lowest BCUT2D eigenvalue weighted by Crippen LogP contribution is -2.23. The second-order valence-electron chi connectivity index (χ2n) is 4.06. The van der Waals surface area contributed by atoms with Crippen molar-refractivity contribution >= 4 is 10.0 Å². The highest BCUT2D eigenvalue weighted by molar-refractivity contribution is 7.89. The Labute approximate surface area is 114 Å². The van der Waals surface area contributed by atoms with Gasteiger partial charge in [0.25, 0.3) is 0 Å². The minimum absolute atomic E-state index is 0.129. The molecule has 106 valence electrons. The van der Waals surface area contributed by atoms with E-state index in [1.807, 2.05) is 0 Å². The zero-order chi connectivity index (χ0) is 14.8. The van der Waals surface area contributed by atoms with Crippen LogP contribution in [0.3, 0.4) is 0 Å². The number of sulfonamides is 1. The second-order valence-corrected chi connectivity index (χ2v) is 5.82. The molecule has 0 amide bonds. The highest BCUT2D eigenvalue weighted by atomic mass is 32.2. The molecule has 0 fully saturated rings. The van der Waals surface area contributed by atoms with E-state index < -0.39 is 27.5 Å². The van der Waals surface area contributed by atoms with Crippen LogP contribution >= 0.6 is 0 Å². The fourth-order valence-corrected chi connectivity index (χ4v) is 2.61. The molecular formula is C13H10F3NO2S. The van der Waals surface area contributed by atoms with Crippen LogP contribution in [-0.4, -0.2) is 8.42 Å². The summed E-state index contributed by atoms with van der Waals surface area (Å²) in [5, 5.41) is 0. The Balaban J connectivity index is 2.15. The maximum Gasteiger partial charge on any atom is 0.240 e. The Hall–Kier alpha value is -1.86. The van der Waals surface area contributed by atoms with Gasteiger partial charge in [-0.3, -0.25) is 0 Å². The van der Waals surface area contributed by atoms with Gasteiger partial charge in [0.05, 0.1) is 4.90 Å². The molecule has 0 saturated carbocycles. The molecule has 0 bridgehead atoms. The molecule has 0 unspecified atom stereocenters. The third-order valence-corrected chi connectivity index (χ3v) is 3.93. The van der Waals surface area contributed by atoms with Gasteiger partial charge >= 0.3 is 0 Å². The lowest BCUT2D eigenvalue weighted by Gasteiger charge is -2.07.